The maximum absolute atomic E-state index is 11.7. The largest absolute Gasteiger partial charge is 0.506 e. The molecule has 0 fully saturated rings. The molecule has 0 radical (unpaired) electrons. The van der Waals surface area contributed by atoms with Crippen LogP contribution in [0.3, 0.4) is 0 Å². The molecule has 3 aromatic carbocycles. The van der Waals surface area contributed by atoms with Gasteiger partial charge < -0.3 is 10.2 Å². The molecule has 4 N–H and O–H groups in total. The van der Waals surface area contributed by atoms with Crippen molar-refractivity contribution >= 4 is 42.4 Å². The molecule has 0 aromatic heterocycles. The highest BCUT2D eigenvalue weighted by molar-refractivity contribution is 7.86. The smallest absolute Gasteiger partial charge is 0.295 e. The summed E-state index contributed by atoms with van der Waals surface area (Å²) in [6, 6.07) is 8.45. The maximum atomic E-state index is 11.7. The number of hydrogen-bond donors (Lipinski definition) is 4. The lowest BCUT2D eigenvalue weighted by molar-refractivity contribution is 0.473. The Morgan fingerprint density at radius 2 is 1.45 bits per heavy atom. The zero-order valence-corrected chi connectivity index (χ0v) is 16.3. The molecule has 0 spiro atoms. The Labute approximate surface area is 165 Å². The number of phenols is 2. The highest BCUT2D eigenvalue weighted by atomic mass is 32.2. The summed E-state index contributed by atoms with van der Waals surface area (Å²) >= 11 is 0. The number of nitrogens with zero attached hydrogens (tertiary/aromatic N) is 2. The molecule has 0 heterocycles. The summed E-state index contributed by atoms with van der Waals surface area (Å²) in [7, 11) is -9.76. The molecular weight excluding hydrogens is 424 g/mol. The fourth-order valence-corrected chi connectivity index (χ4v) is 3.99. The molecule has 0 unspecified atom stereocenters. The van der Waals surface area contributed by atoms with E-state index in [4.69, 9.17) is 0 Å². The summed E-state index contributed by atoms with van der Waals surface area (Å²) in [6.45, 7) is 1.76. The zero-order chi connectivity index (χ0) is 21.6. The Morgan fingerprint density at radius 1 is 0.793 bits per heavy atom. The summed E-state index contributed by atoms with van der Waals surface area (Å²) < 4.78 is 64.9. The Morgan fingerprint density at radius 3 is 2.07 bits per heavy atom. The van der Waals surface area contributed by atoms with Gasteiger partial charge in [0.15, 0.2) is 5.75 Å². The van der Waals surface area contributed by atoms with Gasteiger partial charge in [0.05, 0.1) is 4.90 Å². The molecule has 3 rings (SSSR count). The highest BCUT2D eigenvalue weighted by Crippen LogP contribution is 2.40. The van der Waals surface area contributed by atoms with Crippen molar-refractivity contribution in [1.82, 2.24) is 0 Å². The van der Waals surface area contributed by atoms with Crippen molar-refractivity contribution in [2.45, 2.75) is 16.7 Å². The molecule has 0 aliphatic heterocycles. The van der Waals surface area contributed by atoms with E-state index < -0.39 is 41.2 Å². The molecule has 0 atom stereocenters. The predicted molar refractivity (Wildman–Crippen MR) is 102 cm³/mol. The number of benzene rings is 3. The van der Waals surface area contributed by atoms with Gasteiger partial charge in [0.25, 0.3) is 20.2 Å². The normalized spacial score (nSPS) is 12.7. The fourth-order valence-electron chi connectivity index (χ4n) is 2.63. The Hall–Kier alpha value is -3.06. The number of hydrogen-bond acceptors (Lipinski definition) is 8. The second-order valence-electron chi connectivity index (χ2n) is 6.10. The third-order valence-corrected chi connectivity index (χ3v) is 5.69. The monoisotopic (exact) mass is 438 g/mol. The third-order valence-electron chi connectivity index (χ3n) is 3.98. The van der Waals surface area contributed by atoms with E-state index in [0.29, 0.717) is 6.07 Å². The minimum Gasteiger partial charge on any atom is -0.506 e. The van der Waals surface area contributed by atoms with Crippen molar-refractivity contribution in [3.05, 3.63) is 48.0 Å². The molecule has 10 nitrogen and oxygen atoms in total. The van der Waals surface area contributed by atoms with Crippen LogP contribution in [0.25, 0.3) is 10.8 Å². The lowest BCUT2D eigenvalue weighted by Crippen LogP contribution is -2.04. The first-order chi connectivity index (χ1) is 13.4. The second kappa shape index (κ2) is 7.08. The van der Waals surface area contributed by atoms with E-state index in [1.165, 1.54) is 24.3 Å². The van der Waals surface area contributed by atoms with E-state index in [-0.39, 0.29) is 22.5 Å². The standard InChI is InChI=1S/C17H14N2O8S2/c1-9-2-5-14(20)13(6-9)19-18-12-4-3-10-7-11(28(22,23)24)8-15(29(25,26)27)16(10)17(12)21/h2-8,20-21H,1H3,(H,22,23,24)(H,25,26,27). The summed E-state index contributed by atoms with van der Waals surface area (Å²) in [5.41, 5.74) is 0.676. The highest BCUT2D eigenvalue weighted by Gasteiger charge is 2.23. The number of aromatic hydroxyl groups is 2. The van der Waals surface area contributed by atoms with Crippen LogP contribution in [-0.4, -0.2) is 36.2 Å². The lowest BCUT2D eigenvalue weighted by Gasteiger charge is -2.10. The molecule has 0 aliphatic carbocycles. The number of phenolic OH excluding ortho intramolecular Hbond substituents is 2. The van der Waals surface area contributed by atoms with Gasteiger partial charge in [-0.1, -0.05) is 12.1 Å². The van der Waals surface area contributed by atoms with Crippen LogP contribution in [-0.2, 0) is 20.2 Å². The molecule has 12 heteroatoms. The number of aryl methyl sites for hydroxylation is 1. The average molecular weight is 438 g/mol. The van der Waals surface area contributed by atoms with Crippen molar-refractivity contribution < 1.29 is 36.2 Å². The molecule has 0 saturated heterocycles. The summed E-state index contributed by atoms with van der Waals surface area (Å²) in [4.78, 5) is -1.72. The van der Waals surface area contributed by atoms with Gasteiger partial charge in [-0.05, 0) is 48.2 Å². The van der Waals surface area contributed by atoms with Gasteiger partial charge in [-0.15, -0.1) is 10.2 Å². The lowest BCUT2D eigenvalue weighted by atomic mass is 10.1. The first-order valence-electron chi connectivity index (χ1n) is 7.84. The quantitative estimate of drug-likeness (QED) is 0.354. The molecule has 29 heavy (non-hydrogen) atoms. The minimum atomic E-state index is -4.98. The first kappa shape index (κ1) is 20.7. The molecule has 0 saturated carbocycles. The van der Waals surface area contributed by atoms with Crippen LogP contribution in [0.5, 0.6) is 11.5 Å². The van der Waals surface area contributed by atoms with Crippen LogP contribution >= 0.6 is 0 Å². The van der Waals surface area contributed by atoms with E-state index in [9.17, 15) is 36.2 Å². The maximum Gasteiger partial charge on any atom is 0.295 e. The molecule has 3 aromatic rings. The van der Waals surface area contributed by atoms with Crippen molar-refractivity contribution in [3.8, 4) is 11.5 Å². The molecule has 0 aliphatic rings. The Bertz CT molecular complexity index is 1380. The second-order valence-corrected chi connectivity index (χ2v) is 8.91. The van der Waals surface area contributed by atoms with Gasteiger partial charge in [0, 0.05) is 5.39 Å². The van der Waals surface area contributed by atoms with Gasteiger partial charge >= 0.3 is 0 Å². The van der Waals surface area contributed by atoms with E-state index in [1.807, 2.05) is 0 Å². The number of rotatable bonds is 4. The van der Waals surface area contributed by atoms with Gasteiger partial charge in [-0.25, -0.2) is 0 Å². The van der Waals surface area contributed by atoms with Crippen LogP contribution in [0.15, 0.2) is 62.5 Å². The van der Waals surface area contributed by atoms with Gasteiger partial charge in [-0.3, -0.25) is 9.11 Å². The van der Waals surface area contributed by atoms with Crippen LogP contribution in [0, 0.1) is 6.92 Å². The molecule has 0 bridgehead atoms. The molecule has 0 amide bonds. The van der Waals surface area contributed by atoms with E-state index in [2.05, 4.69) is 10.2 Å². The van der Waals surface area contributed by atoms with E-state index in [0.717, 1.165) is 11.6 Å². The summed E-state index contributed by atoms with van der Waals surface area (Å²) in [5, 5.41) is 27.4. The number of fused-ring (bicyclic) bond motifs is 1. The van der Waals surface area contributed by atoms with Gasteiger partial charge in [0.1, 0.15) is 22.0 Å². The fraction of sp³-hybridized carbons (Fsp3) is 0.0588. The summed E-state index contributed by atoms with van der Waals surface area (Å²) in [6.07, 6.45) is 0. The minimum absolute atomic E-state index is 0.0948. The van der Waals surface area contributed by atoms with Crippen molar-refractivity contribution in [2.75, 3.05) is 0 Å². The number of azo groups is 1. The van der Waals surface area contributed by atoms with Crippen molar-refractivity contribution in [2.24, 2.45) is 10.2 Å². The van der Waals surface area contributed by atoms with E-state index >= 15 is 0 Å². The van der Waals surface area contributed by atoms with Gasteiger partial charge in [-0.2, -0.15) is 16.8 Å². The van der Waals surface area contributed by atoms with Crippen molar-refractivity contribution in [1.29, 1.82) is 0 Å². The van der Waals surface area contributed by atoms with Crippen LogP contribution in [0.4, 0.5) is 11.4 Å². The molecular formula is C17H14N2O8S2. The van der Waals surface area contributed by atoms with Gasteiger partial charge in [0.2, 0.25) is 0 Å². The van der Waals surface area contributed by atoms with E-state index in [1.54, 1.807) is 13.0 Å². The van der Waals surface area contributed by atoms with Crippen molar-refractivity contribution in [3.63, 3.8) is 0 Å². The van der Waals surface area contributed by atoms with Crippen LogP contribution in [0.1, 0.15) is 5.56 Å². The predicted octanol–water partition coefficient (Wildman–Crippen LogP) is 3.47. The average Bonchev–Trinajstić information content (AvgIpc) is 2.61. The topological polar surface area (TPSA) is 174 Å². The van der Waals surface area contributed by atoms with Crippen LogP contribution < -0.4 is 0 Å². The molecule has 152 valence electrons. The van der Waals surface area contributed by atoms with Crippen LogP contribution in [0.2, 0.25) is 0 Å². The Balaban J connectivity index is 2.26. The first-order valence-corrected chi connectivity index (χ1v) is 10.7. The Kier molecular flexibility index (Phi) is 5.04. The zero-order valence-electron chi connectivity index (χ0n) is 14.7. The summed E-state index contributed by atoms with van der Waals surface area (Å²) in [5.74, 6) is -0.871. The third kappa shape index (κ3) is 4.19. The SMILES string of the molecule is Cc1ccc(O)c(N=Nc2ccc3cc(S(=O)(=O)O)cc(S(=O)(=O)O)c3c2O)c1.